The molecule has 5 heteroatoms. The Hall–Kier alpha value is -2.71. The van der Waals surface area contributed by atoms with Crippen LogP contribution in [0.2, 0.25) is 0 Å². The molecule has 1 heterocycles. The predicted molar refractivity (Wildman–Crippen MR) is 98.2 cm³/mol. The lowest BCUT2D eigenvalue weighted by Gasteiger charge is -2.34. The highest BCUT2D eigenvalue weighted by Gasteiger charge is 2.22. The van der Waals surface area contributed by atoms with Crippen LogP contribution in [0.25, 0.3) is 0 Å². The third-order valence-corrected chi connectivity index (χ3v) is 4.73. The molecule has 26 heavy (non-hydrogen) atoms. The van der Waals surface area contributed by atoms with Gasteiger partial charge in [0.05, 0.1) is 11.6 Å². The van der Waals surface area contributed by atoms with Gasteiger partial charge in [0.2, 0.25) is 0 Å². The van der Waals surface area contributed by atoms with Gasteiger partial charge in [0.15, 0.2) is 0 Å². The van der Waals surface area contributed by atoms with E-state index in [-0.39, 0.29) is 11.7 Å². The number of carbonyl (C=O) groups excluding carboxylic acids is 1. The quantitative estimate of drug-likeness (QED) is 0.832. The van der Waals surface area contributed by atoms with Crippen molar-refractivity contribution in [3.63, 3.8) is 0 Å². The van der Waals surface area contributed by atoms with Gasteiger partial charge in [-0.2, -0.15) is 5.26 Å². The first-order chi connectivity index (χ1) is 12.7. The number of rotatable bonds is 5. The summed E-state index contributed by atoms with van der Waals surface area (Å²) in [5.41, 5.74) is 2.10. The fourth-order valence-corrected chi connectivity index (χ4v) is 3.28. The second-order valence-corrected chi connectivity index (χ2v) is 6.56. The lowest BCUT2D eigenvalue weighted by atomic mass is 10.1. The summed E-state index contributed by atoms with van der Waals surface area (Å²) in [5.74, 6) is -0.198. The highest BCUT2D eigenvalue weighted by molar-refractivity contribution is 5.94. The average molecular weight is 351 g/mol. The van der Waals surface area contributed by atoms with E-state index in [0.29, 0.717) is 24.2 Å². The number of hydrogen-bond donors (Lipinski definition) is 0. The number of nitrogens with zero attached hydrogens (tertiary/aromatic N) is 3. The van der Waals surface area contributed by atoms with E-state index < -0.39 is 0 Å². The molecule has 3 rings (SSSR count). The van der Waals surface area contributed by atoms with Crippen LogP contribution in [-0.4, -0.2) is 48.4 Å². The second-order valence-electron chi connectivity index (χ2n) is 6.56. The maximum absolute atomic E-state index is 13.2. The Morgan fingerprint density at radius 2 is 1.85 bits per heavy atom. The molecule has 0 atom stereocenters. The van der Waals surface area contributed by atoms with Crippen LogP contribution in [0.1, 0.15) is 27.9 Å². The van der Waals surface area contributed by atoms with Crippen molar-refractivity contribution in [2.45, 2.75) is 12.8 Å². The molecule has 2 aromatic carbocycles. The number of halogens is 1. The summed E-state index contributed by atoms with van der Waals surface area (Å²) in [6, 6.07) is 15.7. The first-order valence-electron chi connectivity index (χ1n) is 8.92. The highest BCUT2D eigenvalue weighted by Crippen LogP contribution is 2.12. The van der Waals surface area contributed by atoms with Crippen molar-refractivity contribution in [1.82, 2.24) is 9.80 Å². The molecule has 0 unspecified atom stereocenters. The van der Waals surface area contributed by atoms with Crippen LogP contribution in [0.5, 0.6) is 0 Å². The number of amides is 1. The van der Waals surface area contributed by atoms with E-state index in [0.717, 1.165) is 38.0 Å². The molecule has 0 N–H and O–H groups in total. The number of benzene rings is 2. The van der Waals surface area contributed by atoms with E-state index in [1.54, 1.807) is 36.4 Å². The van der Waals surface area contributed by atoms with E-state index in [1.165, 1.54) is 6.07 Å². The largest absolute Gasteiger partial charge is 0.336 e. The third-order valence-electron chi connectivity index (χ3n) is 4.73. The zero-order valence-electron chi connectivity index (χ0n) is 14.7. The maximum Gasteiger partial charge on any atom is 0.253 e. The molecule has 4 nitrogen and oxygen atoms in total. The zero-order valence-corrected chi connectivity index (χ0v) is 14.7. The average Bonchev–Trinajstić information content (AvgIpc) is 2.68. The first kappa shape index (κ1) is 18.1. The Morgan fingerprint density at radius 3 is 2.58 bits per heavy atom. The standard InChI is InChI=1S/C21H22FN3O/c22-20-8-2-4-17(15-20)6-3-9-24-10-12-25(13-11-24)21(26)19-7-1-5-18(14-19)16-23/h1-2,4-5,7-8,14-15H,3,6,9-13H2. The SMILES string of the molecule is N#Cc1cccc(C(=O)N2CCN(CCCc3cccc(F)c3)CC2)c1. The number of carbonyl (C=O) groups is 1. The molecule has 1 aliphatic rings. The minimum absolute atomic E-state index is 0.0125. The normalized spacial score (nSPS) is 14.8. The molecule has 0 aromatic heterocycles. The first-order valence-corrected chi connectivity index (χ1v) is 8.92. The van der Waals surface area contributed by atoms with Gasteiger partial charge in [0, 0.05) is 31.7 Å². The molecule has 0 aliphatic carbocycles. The van der Waals surface area contributed by atoms with E-state index in [1.807, 2.05) is 11.0 Å². The predicted octanol–water partition coefficient (Wildman–Crippen LogP) is 3.09. The van der Waals surface area contributed by atoms with Gasteiger partial charge in [-0.1, -0.05) is 18.2 Å². The van der Waals surface area contributed by atoms with Crippen molar-refractivity contribution in [2.75, 3.05) is 32.7 Å². The molecule has 1 fully saturated rings. The molecular formula is C21H22FN3O. The Balaban J connectivity index is 1.45. The summed E-state index contributed by atoms with van der Waals surface area (Å²) in [6.07, 6.45) is 1.83. The molecule has 1 amide bonds. The molecule has 2 aromatic rings. The second kappa shape index (κ2) is 8.59. The minimum Gasteiger partial charge on any atom is -0.336 e. The lowest BCUT2D eigenvalue weighted by Crippen LogP contribution is -2.48. The van der Waals surface area contributed by atoms with Gasteiger partial charge < -0.3 is 4.90 Å². The summed E-state index contributed by atoms with van der Waals surface area (Å²) in [6.45, 7) is 4.01. The lowest BCUT2D eigenvalue weighted by molar-refractivity contribution is 0.0636. The molecule has 1 aliphatic heterocycles. The van der Waals surface area contributed by atoms with E-state index in [9.17, 15) is 9.18 Å². The summed E-state index contributed by atoms with van der Waals surface area (Å²) in [4.78, 5) is 16.8. The third kappa shape index (κ3) is 4.68. The topological polar surface area (TPSA) is 47.3 Å². The zero-order chi connectivity index (χ0) is 18.4. The van der Waals surface area contributed by atoms with Crippen LogP contribution in [0.15, 0.2) is 48.5 Å². The van der Waals surface area contributed by atoms with Gasteiger partial charge in [-0.25, -0.2) is 4.39 Å². The van der Waals surface area contributed by atoms with E-state index >= 15 is 0 Å². The van der Waals surface area contributed by atoms with Crippen molar-refractivity contribution >= 4 is 5.91 Å². The molecule has 0 radical (unpaired) electrons. The Labute approximate surface area is 153 Å². The smallest absolute Gasteiger partial charge is 0.253 e. The monoisotopic (exact) mass is 351 g/mol. The van der Waals surface area contributed by atoms with Crippen molar-refractivity contribution in [1.29, 1.82) is 5.26 Å². The fourth-order valence-electron chi connectivity index (χ4n) is 3.28. The Kier molecular flexibility index (Phi) is 5.98. The van der Waals surface area contributed by atoms with Crippen LogP contribution in [0.3, 0.4) is 0 Å². The van der Waals surface area contributed by atoms with Crippen LogP contribution in [0, 0.1) is 17.1 Å². The van der Waals surface area contributed by atoms with Crippen LogP contribution >= 0.6 is 0 Å². The molecule has 0 saturated carbocycles. The summed E-state index contributed by atoms with van der Waals surface area (Å²) >= 11 is 0. The highest BCUT2D eigenvalue weighted by atomic mass is 19.1. The van der Waals surface area contributed by atoms with Crippen molar-refractivity contribution in [3.8, 4) is 6.07 Å². The van der Waals surface area contributed by atoms with Crippen molar-refractivity contribution in [3.05, 3.63) is 71.0 Å². The van der Waals surface area contributed by atoms with Gasteiger partial charge in [0.25, 0.3) is 5.91 Å². The number of hydrogen-bond acceptors (Lipinski definition) is 3. The molecule has 0 bridgehead atoms. The number of piperazine rings is 1. The Morgan fingerprint density at radius 1 is 1.08 bits per heavy atom. The number of nitriles is 1. The van der Waals surface area contributed by atoms with Gasteiger partial charge in [0.1, 0.15) is 5.82 Å². The van der Waals surface area contributed by atoms with Gasteiger partial charge in [-0.3, -0.25) is 9.69 Å². The van der Waals surface area contributed by atoms with E-state index in [4.69, 9.17) is 5.26 Å². The number of aryl methyl sites for hydroxylation is 1. The molecular weight excluding hydrogens is 329 g/mol. The van der Waals surface area contributed by atoms with Crippen LogP contribution in [-0.2, 0) is 6.42 Å². The van der Waals surface area contributed by atoms with Crippen molar-refractivity contribution < 1.29 is 9.18 Å². The maximum atomic E-state index is 13.2. The Bertz CT molecular complexity index is 807. The van der Waals surface area contributed by atoms with Crippen molar-refractivity contribution in [2.24, 2.45) is 0 Å². The van der Waals surface area contributed by atoms with Gasteiger partial charge in [-0.15, -0.1) is 0 Å². The van der Waals surface area contributed by atoms with Gasteiger partial charge >= 0.3 is 0 Å². The van der Waals surface area contributed by atoms with Crippen LogP contribution in [0.4, 0.5) is 4.39 Å². The summed E-state index contributed by atoms with van der Waals surface area (Å²) in [5, 5.41) is 8.97. The van der Waals surface area contributed by atoms with Gasteiger partial charge in [-0.05, 0) is 55.3 Å². The van der Waals surface area contributed by atoms with Crippen LogP contribution < -0.4 is 0 Å². The fraction of sp³-hybridized carbons (Fsp3) is 0.333. The minimum atomic E-state index is -0.185. The molecule has 134 valence electrons. The molecule has 0 spiro atoms. The summed E-state index contributed by atoms with van der Waals surface area (Å²) in [7, 11) is 0. The summed E-state index contributed by atoms with van der Waals surface area (Å²) < 4.78 is 13.2. The molecule has 1 saturated heterocycles. The van der Waals surface area contributed by atoms with E-state index in [2.05, 4.69) is 11.0 Å².